The molecule has 0 aliphatic rings. The smallest absolute Gasteiger partial charge is 0.242 e. The molecule has 18 heavy (non-hydrogen) atoms. The molecule has 94 valence electrons. The lowest BCUT2D eigenvalue weighted by atomic mass is 9.91. The lowest BCUT2D eigenvalue weighted by Crippen LogP contribution is -2.48. The molecule has 1 heterocycles. The molecule has 0 bridgehead atoms. The van der Waals surface area contributed by atoms with Crippen molar-refractivity contribution in [2.75, 3.05) is 7.05 Å². The standard InChI is InChI=1S/C11H14N6O/c1-11(13-2,10(12)18)8-4-3-5-9(6-8)17-7-14-15-16-17/h3-7,13H,1-2H3,(H2,12,18). The zero-order valence-corrected chi connectivity index (χ0v) is 10.2. The van der Waals surface area contributed by atoms with Crippen LogP contribution in [0.25, 0.3) is 5.69 Å². The molecule has 1 aromatic carbocycles. The Morgan fingerprint density at radius 2 is 2.28 bits per heavy atom. The molecule has 1 amide bonds. The van der Waals surface area contributed by atoms with Gasteiger partial charge in [-0.05, 0) is 42.1 Å². The van der Waals surface area contributed by atoms with Crippen molar-refractivity contribution in [2.24, 2.45) is 5.73 Å². The van der Waals surface area contributed by atoms with Crippen LogP contribution in [0.15, 0.2) is 30.6 Å². The van der Waals surface area contributed by atoms with Gasteiger partial charge in [-0.2, -0.15) is 0 Å². The Balaban J connectivity index is 2.47. The highest BCUT2D eigenvalue weighted by Gasteiger charge is 2.31. The van der Waals surface area contributed by atoms with Gasteiger partial charge in [0, 0.05) is 0 Å². The second kappa shape index (κ2) is 4.53. The van der Waals surface area contributed by atoms with Gasteiger partial charge in [-0.3, -0.25) is 4.79 Å². The number of nitrogens with zero attached hydrogens (tertiary/aromatic N) is 4. The van der Waals surface area contributed by atoms with E-state index in [2.05, 4.69) is 20.8 Å². The zero-order valence-electron chi connectivity index (χ0n) is 10.2. The fourth-order valence-electron chi connectivity index (χ4n) is 1.65. The first-order valence-corrected chi connectivity index (χ1v) is 5.40. The van der Waals surface area contributed by atoms with E-state index >= 15 is 0 Å². The Bertz CT molecular complexity index is 552. The summed E-state index contributed by atoms with van der Waals surface area (Å²) in [6, 6.07) is 7.31. The van der Waals surface area contributed by atoms with Crippen molar-refractivity contribution < 1.29 is 4.79 Å². The lowest BCUT2D eigenvalue weighted by molar-refractivity contribution is -0.123. The number of amides is 1. The number of hydrogen-bond acceptors (Lipinski definition) is 5. The minimum Gasteiger partial charge on any atom is -0.368 e. The Labute approximate surface area is 104 Å². The highest BCUT2D eigenvalue weighted by molar-refractivity contribution is 5.85. The maximum Gasteiger partial charge on any atom is 0.242 e. The second-order valence-electron chi connectivity index (χ2n) is 4.04. The normalized spacial score (nSPS) is 14.1. The third-order valence-electron chi connectivity index (χ3n) is 3.03. The fourth-order valence-corrected chi connectivity index (χ4v) is 1.65. The topological polar surface area (TPSA) is 98.7 Å². The molecule has 7 nitrogen and oxygen atoms in total. The summed E-state index contributed by atoms with van der Waals surface area (Å²) >= 11 is 0. The molecule has 0 aliphatic carbocycles. The van der Waals surface area contributed by atoms with Crippen LogP contribution in [0.4, 0.5) is 0 Å². The van der Waals surface area contributed by atoms with Crippen molar-refractivity contribution in [2.45, 2.75) is 12.5 Å². The molecule has 1 atom stereocenters. The maximum atomic E-state index is 11.6. The largest absolute Gasteiger partial charge is 0.368 e. The lowest BCUT2D eigenvalue weighted by Gasteiger charge is -2.26. The summed E-state index contributed by atoms with van der Waals surface area (Å²) in [5, 5.41) is 13.9. The van der Waals surface area contributed by atoms with Gasteiger partial charge in [-0.15, -0.1) is 5.10 Å². The average Bonchev–Trinajstić information content (AvgIpc) is 2.91. The third-order valence-corrected chi connectivity index (χ3v) is 3.03. The van der Waals surface area contributed by atoms with Crippen LogP contribution in [-0.4, -0.2) is 33.2 Å². The second-order valence-corrected chi connectivity index (χ2v) is 4.04. The number of likely N-dealkylation sites (N-methyl/N-ethyl adjacent to an activating group) is 1. The SMILES string of the molecule is CNC(C)(C(N)=O)c1cccc(-n2cnnn2)c1. The summed E-state index contributed by atoms with van der Waals surface area (Å²) in [7, 11) is 1.69. The molecule has 2 aromatic rings. The first kappa shape index (κ1) is 12.2. The molecule has 0 saturated carbocycles. The third kappa shape index (κ3) is 1.95. The number of carbonyl (C=O) groups excluding carboxylic acids is 1. The van der Waals surface area contributed by atoms with E-state index in [9.17, 15) is 4.79 Å². The zero-order chi connectivity index (χ0) is 13.2. The Morgan fingerprint density at radius 1 is 1.50 bits per heavy atom. The van der Waals surface area contributed by atoms with Crippen LogP contribution in [0, 0.1) is 0 Å². The number of aromatic nitrogens is 4. The highest BCUT2D eigenvalue weighted by atomic mass is 16.1. The summed E-state index contributed by atoms with van der Waals surface area (Å²) in [4.78, 5) is 11.6. The molecular formula is C11H14N6O. The molecule has 0 saturated heterocycles. The quantitative estimate of drug-likeness (QED) is 0.763. The van der Waals surface area contributed by atoms with E-state index in [-0.39, 0.29) is 0 Å². The Kier molecular flexibility index (Phi) is 3.07. The van der Waals surface area contributed by atoms with Crippen molar-refractivity contribution in [3.63, 3.8) is 0 Å². The molecule has 0 spiro atoms. The molecule has 0 fully saturated rings. The van der Waals surface area contributed by atoms with Crippen molar-refractivity contribution in [1.29, 1.82) is 0 Å². The Hall–Kier alpha value is -2.28. The van der Waals surface area contributed by atoms with E-state index in [1.54, 1.807) is 14.0 Å². The van der Waals surface area contributed by atoms with Crippen molar-refractivity contribution in [1.82, 2.24) is 25.5 Å². The van der Waals surface area contributed by atoms with E-state index in [0.29, 0.717) is 0 Å². The molecule has 0 radical (unpaired) electrons. The minimum atomic E-state index is -0.927. The fraction of sp³-hybridized carbons (Fsp3) is 0.273. The van der Waals surface area contributed by atoms with Crippen LogP contribution in [0.2, 0.25) is 0 Å². The first-order chi connectivity index (χ1) is 8.58. The number of carbonyl (C=O) groups is 1. The number of tetrazole rings is 1. The van der Waals surface area contributed by atoms with Gasteiger partial charge in [0.1, 0.15) is 11.9 Å². The van der Waals surface area contributed by atoms with Crippen LogP contribution in [-0.2, 0) is 10.3 Å². The predicted molar refractivity (Wildman–Crippen MR) is 64.8 cm³/mol. The number of benzene rings is 1. The van der Waals surface area contributed by atoms with Crippen molar-refractivity contribution in [3.05, 3.63) is 36.2 Å². The summed E-state index contributed by atoms with van der Waals surface area (Å²) in [5.74, 6) is -0.445. The monoisotopic (exact) mass is 246 g/mol. The van der Waals surface area contributed by atoms with Gasteiger partial charge < -0.3 is 11.1 Å². The molecular weight excluding hydrogens is 232 g/mol. The highest BCUT2D eigenvalue weighted by Crippen LogP contribution is 2.22. The number of primary amides is 1. The predicted octanol–water partition coefficient (Wildman–Crippen LogP) is -0.418. The van der Waals surface area contributed by atoms with Crippen molar-refractivity contribution in [3.8, 4) is 5.69 Å². The molecule has 0 aliphatic heterocycles. The summed E-state index contributed by atoms with van der Waals surface area (Å²) < 4.78 is 1.51. The molecule has 1 aromatic heterocycles. The first-order valence-electron chi connectivity index (χ1n) is 5.40. The van der Waals surface area contributed by atoms with Gasteiger partial charge in [0.25, 0.3) is 0 Å². The van der Waals surface area contributed by atoms with E-state index in [1.165, 1.54) is 11.0 Å². The van der Waals surface area contributed by atoms with E-state index in [0.717, 1.165) is 11.3 Å². The van der Waals surface area contributed by atoms with Gasteiger partial charge in [0.2, 0.25) is 5.91 Å². The number of nitrogens with two attached hydrogens (primary N) is 1. The van der Waals surface area contributed by atoms with Crippen LogP contribution in [0.1, 0.15) is 12.5 Å². The summed E-state index contributed by atoms with van der Waals surface area (Å²) in [6.45, 7) is 1.73. The van der Waals surface area contributed by atoms with Gasteiger partial charge >= 0.3 is 0 Å². The van der Waals surface area contributed by atoms with E-state index < -0.39 is 11.4 Å². The van der Waals surface area contributed by atoms with Gasteiger partial charge in [-0.25, -0.2) is 4.68 Å². The van der Waals surface area contributed by atoms with Crippen molar-refractivity contribution >= 4 is 5.91 Å². The maximum absolute atomic E-state index is 11.6. The Morgan fingerprint density at radius 3 is 2.83 bits per heavy atom. The minimum absolute atomic E-state index is 0.445. The van der Waals surface area contributed by atoms with Gasteiger partial charge in [-0.1, -0.05) is 12.1 Å². The van der Waals surface area contributed by atoms with Gasteiger partial charge in [0.05, 0.1) is 5.69 Å². The van der Waals surface area contributed by atoms with Crippen LogP contribution in [0.5, 0.6) is 0 Å². The van der Waals surface area contributed by atoms with Crippen LogP contribution < -0.4 is 11.1 Å². The molecule has 7 heteroatoms. The summed E-state index contributed by atoms with van der Waals surface area (Å²) in [6.07, 6.45) is 1.49. The molecule has 3 N–H and O–H groups in total. The van der Waals surface area contributed by atoms with E-state index in [1.807, 2.05) is 24.3 Å². The van der Waals surface area contributed by atoms with Crippen LogP contribution >= 0.6 is 0 Å². The summed E-state index contributed by atoms with van der Waals surface area (Å²) in [5.41, 5.74) is 6.03. The number of rotatable bonds is 4. The number of hydrogen-bond donors (Lipinski definition) is 2. The molecule has 2 rings (SSSR count). The average molecular weight is 246 g/mol. The van der Waals surface area contributed by atoms with E-state index in [4.69, 9.17) is 5.73 Å². The molecule has 1 unspecified atom stereocenters. The van der Waals surface area contributed by atoms with Gasteiger partial charge in [0.15, 0.2) is 0 Å². The number of nitrogens with one attached hydrogen (secondary N) is 1. The van der Waals surface area contributed by atoms with Crippen LogP contribution in [0.3, 0.4) is 0 Å².